The van der Waals surface area contributed by atoms with Crippen LogP contribution in [0.1, 0.15) is 21.5 Å². The molecule has 0 N–H and O–H groups in total. The smallest absolute Gasteiger partial charge is 0.254 e. The van der Waals surface area contributed by atoms with Crippen LogP contribution in [0.15, 0.2) is 48.5 Å². The zero-order valence-corrected chi connectivity index (χ0v) is 16.9. The van der Waals surface area contributed by atoms with Gasteiger partial charge in [-0.15, -0.1) is 10.2 Å². The number of nitrogens with zero attached hydrogens (tertiary/aromatic N) is 4. The fourth-order valence-electron chi connectivity index (χ4n) is 3.69. The van der Waals surface area contributed by atoms with Crippen molar-refractivity contribution in [1.82, 2.24) is 15.1 Å². The second-order valence-corrected chi connectivity index (χ2v) is 7.50. The van der Waals surface area contributed by atoms with E-state index in [1.165, 1.54) is 11.6 Å². The van der Waals surface area contributed by atoms with E-state index < -0.39 is 11.6 Å². The normalized spacial score (nSPS) is 14.1. The van der Waals surface area contributed by atoms with Crippen molar-refractivity contribution in [2.45, 2.75) is 13.8 Å². The van der Waals surface area contributed by atoms with Crippen LogP contribution in [0.25, 0.3) is 11.3 Å². The molecule has 0 radical (unpaired) electrons. The van der Waals surface area contributed by atoms with Crippen LogP contribution in [0.5, 0.6) is 0 Å². The van der Waals surface area contributed by atoms with Crippen LogP contribution < -0.4 is 4.90 Å². The molecule has 30 heavy (non-hydrogen) atoms. The molecular weight excluding hydrogens is 386 g/mol. The van der Waals surface area contributed by atoms with Gasteiger partial charge in [0.1, 0.15) is 0 Å². The Hall–Kier alpha value is -3.35. The van der Waals surface area contributed by atoms with Crippen LogP contribution in [0, 0.1) is 25.5 Å². The molecule has 2 heterocycles. The van der Waals surface area contributed by atoms with Gasteiger partial charge in [0.25, 0.3) is 5.91 Å². The summed E-state index contributed by atoms with van der Waals surface area (Å²) in [6.07, 6.45) is 0. The van der Waals surface area contributed by atoms with E-state index in [-0.39, 0.29) is 11.5 Å². The van der Waals surface area contributed by atoms with Crippen molar-refractivity contribution in [3.8, 4) is 11.3 Å². The van der Waals surface area contributed by atoms with Gasteiger partial charge in [-0.05, 0) is 49.7 Å². The molecule has 0 bridgehead atoms. The van der Waals surface area contributed by atoms with Gasteiger partial charge in [0.15, 0.2) is 17.5 Å². The number of aromatic nitrogens is 2. The third-order valence-corrected chi connectivity index (χ3v) is 5.37. The highest BCUT2D eigenvalue weighted by Gasteiger charge is 2.24. The summed E-state index contributed by atoms with van der Waals surface area (Å²) in [4.78, 5) is 16.3. The second kappa shape index (κ2) is 8.18. The van der Waals surface area contributed by atoms with E-state index in [9.17, 15) is 13.6 Å². The number of amides is 1. The molecule has 5 nitrogen and oxygen atoms in total. The minimum absolute atomic E-state index is 0.153. The minimum Gasteiger partial charge on any atom is -0.352 e. The Balaban J connectivity index is 1.41. The summed E-state index contributed by atoms with van der Waals surface area (Å²) in [5.41, 5.74) is 4.39. The molecule has 154 valence electrons. The van der Waals surface area contributed by atoms with Gasteiger partial charge in [-0.25, -0.2) is 8.78 Å². The summed E-state index contributed by atoms with van der Waals surface area (Å²) in [6, 6.07) is 13.4. The fourth-order valence-corrected chi connectivity index (χ4v) is 3.69. The molecule has 0 saturated carbocycles. The Labute approximate surface area is 174 Å². The first-order valence-corrected chi connectivity index (χ1v) is 9.83. The molecule has 1 fully saturated rings. The van der Waals surface area contributed by atoms with E-state index in [0.717, 1.165) is 34.8 Å². The molecule has 1 saturated heterocycles. The quantitative estimate of drug-likeness (QED) is 0.657. The monoisotopic (exact) mass is 408 g/mol. The Morgan fingerprint density at radius 1 is 0.867 bits per heavy atom. The highest BCUT2D eigenvalue weighted by Crippen LogP contribution is 2.23. The average molecular weight is 408 g/mol. The van der Waals surface area contributed by atoms with Gasteiger partial charge in [0.2, 0.25) is 0 Å². The van der Waals surface area contributed by atoms with Crippen LogP contribution in [-0.4, -0.2) is 47.2 Å². The van der Waals surface area contributed by atoms with Crippen LogP contribution in [0.4, 0.5) is 14.6 Å². The van der Waals surface area contributed by atoms with Crippen molar-refractivity contribution in [1.29, 1.82) is 0 Å². The van der Waals surface area contributed by atoms with E-state index in [2.05, 4.69) is 47.1 Å². The van der Waals surface area contributed by atoms with Gasteiger partial charge in [-0.2, -0.15) is 0 Å². The minimum atomic E-state index is -1.02. The number of halogens is 2. The second-order valence-electron chi connectivity index (χ2n) is 7.50. The Morgan fingerprint density at radius 3 is 2.27 bits per heavy atom. The molecule has 1 aromatic heterocycles. The molecule has 1 aliphatic rings. The number of carbonyl (C=O) groups excluding carboxylic acids is 1. The average Bonchev–Trinajstić information content (AvgIpc) is 2.75. The molecule has 7 heteroatoms. The maximum atomic E-state index is 13.4. The summed E-state index contributed by atoms with van der Waals surface area (Å²) in [6.45, 7) is 6.24. The van der Waals surface area contributed by atoms with Crippen LogP contribution in [-0.2, 0) is 0 Å². The molecule has 1 aliphatic heterocycles. The number of aryl methyl sites for hydroxylation is 2. The molecule has 2 aromatic carbocycles. The number of anilines is 1. The van der Waals surface area contributed by atoms with Crippen molar-refractivity contribution in [3.05, 3.63) is 76.9 Å². The molecule has 0 aliphatic carbocycles. The van der Waals surface area contributed by atoms with E-state index in [1.807, 2.05) is 12.1 Å². The van der Waals surface area contributed by atoms with E-state index in [4.69, 9.17) is 0 Å². The number of piperazine rings is 1. The van der Waals surface area contributed by atoms with Gasteiger partial charge in [0, 0.05) is 37.3 Å². The molecular formula is C23H22F2N4O. The molecule has 1 amide bonds. The maximum absolute atomic E-state index is 13.4. The summed E-state index contributed by atoms with van der Waals surface area (Å²) < 4.78 is 26.5. The van der Waals surface area contributed by atoms with Crippen LogP contribution in [0.2, 0.25) is 0 Å². The summed E-state index contributed by atoms with van der Waals surface area (Å²) >= 11 is 0. The lowest BCUT2D eigenvalue weighted by molar-refractivity contribution is 0.0746. The molecule has 0 unspecified atom stereocenters. The van der Waals surface area contributed by atoms with E-state index >= 15 is 0 Å². The number of benzene rings is 2. The largest absolute Gasteiger partial charge is 0.352 e. The highest BCUT2D eigenvalue weighted by molar-refractivity contribution is 5.94. The standard InChI is InChI=1S/C23H22F2N4O/c1-15-3-5-18(16(2)13-15)21-7-8-22(27-26-21)28-9-11-29(12-10-28)23(30)17-4-6-19(24)20(25)14-17/h3-8,13-14H,9-12H2,1-2H3. The van der Waals surface area contributed by atoms with Gasteiger partial charge in [-0.1, -0.05) is 23.8 Å². The zero-order chi connectivity index (χ0) is 21.3. The van der Waals surface area contributed by atoms with Crippen molar-refractivity contribution >= 4 is 11.7 Å². The number of hydrogen-bond acceptors (Lipinski definition) is 4. The van der Waals surface area contributed by atoms with E-state index in [0.29, 0.717) is 26.2 Å². The number of rotatable bonds is 3. The first-order valence-electron chi connectivity index (χ1n) is 9.83. The first kappa shape index (κ1) is 19.9. The third kappa shape index (κ3) is 4.01. The van der Waals surface area contributed by atoms with Crippen LogP contribution >= 0.6 is 0 Å². The predicted octanol–water partition coefficient (Wildman–Crippen LogP) is 4.00. The van der Waals surface area contributed by atoms with Gasteiger partial charge in [-0.3, -0.25) is 4.79 Å². The summed E-state index contributed by atoms with van der Waals surface area (Å²) in [7, 11) is 0. The van der Waals surface area contributed by atoms with Gasteiger partial charge >= 0.3 is 0 Å². The highest BCUT2D eigenvalue weighted by atomic mass is 19.2. The molecule has 0 spiro atoms. The lowest BCUT2D eigenvalue weighted by Crippen LogP contribution is -2.49. The number of hydrogen-bond donors (Lipinski definition) is 0. The molecule has 0 atom stereocenters. The Morgan fingerprint density at radius 2 is 1.63 bits per heavy atom. The Kier molecular flexibility index (Phi) is 5.44. The van der Waals surface area contributed by atoms with Gasteiger partial charge in [0.05, 0.1) is 5.69 Å². The van der Waals surface area contributed by atoms with Gasteiger partial charge < -0.3 is 9.80 Å². The lowest BCUT2D eigenvalue weighted by atomic mass is 10.0. The topological polar surface area (TPSA) is 49.3 Å². The first-order chi connectivity index (χ1) is 14.4. The Bertz CT molecular complexity index is 1080. The SMILES string of the molecule is Cc1ccc(-c2ccc(N3CCN(C(=O)c4ccc(F)c(F)c4)CC3)nn2)c(C)c1. The lowest BCUT2D eigenvalue weighted by Gasteiger charge is -2.35. The van der Waals surface area contributed by atoms with Crippen LogP contribution in [0.3, 0.4) is 0 Å². The summed E-state index contributed by atoms with van der Waals surface area (Å²) in [5, 5.41) is 8.76. The van der Waals surface area contributed by atoms with E-state index in [1.54, 1.807) is 4.90 Å². The number of carbonyl (C=O) groups is 1. The third-order valence-electron chi connectivity index (χ3n) is 5.37. The zero-order valence-electron chi connectivity index (χ0n) is 16.9. The fraction of sp³-hybridized carbons (Fsp3) is 0.261. The molecule has 4 rings (SSSR count). The molecule has 3 aromatic rings. The van der Waals surface area contributed by atoms with Crippen molar-refractivity contribution in [3.63, 3.8) is 0 Å². The van der Waals surface area contributed by atoms with Crippen molar-refractivity contribution in [2.24, 2.45) is 0 Å². The maximum Gasteiger partial charge on any atom is 0.254 e. The summed E-state index contributed by atoms with van der Waals surface area (Å²) in [5.74, 6) is -1.52. The van der Waals surface area contributed by atoms with Crippen molar-refractivity contribution < 1.29 is 13.6 Å². The van der Waals surface area contributed by atoms with Crippen molar-refractivity contribution in [2.75, 3.05) is 31.1 Å². The predicted molar refractivity (Wildman–Crippen MR) is 111 cm³/mol.